The van der Waals surface area contributed by atoms with Crippen LogP contribution in [0.25, 0.3) is 0 Å². The van der Waals surface area contributed by atoms with Gasteiger partial charge in [-0.05, 0) is 82.8 Å². The monoisotopic (exact) mass is 486 g/mol. The molecule has 0 radical (unpaired) electrons. The number of fused-ring (bicyclic) bond motifs is 1. The predicted molar refractivity (Wildman–Crippen MR) is 131 cm³/mol. The average Bonchev–Trinajstić information content (AvgIpc) is 3.53. The second kappa shape index (κ2) is 9.46. The molecule has 0 spiro atoms. The number of amides is 3. The summed E-state index contributed by atoms with van der Waals surface area (Å²) >= 11 is 5.94. The van der Waals surface area contributed by atoms with Crippen molar-refractivity contribution in [2.24, 2.45) is 22.1 Å². The molecule has 0 bridgehead atoms. The second-order valence-corrected chi connectivity index (χ2v) is 11.2. The number of carbonyl (C=O) groups is 2. The number of hydrogen-bond donors (Lipinski definition) is 1. The lowest BCUT2D eigenvalue weighted by atomic mass is 9.89. The standard InChI is InChI=1S/C25H35ClN6O2/c1-25(2)21-20(22(29-28-21)27-23(33)18-5-7-19(26)8-6-18)16-32(25)24(34)31-13-9-17(10-14-31)15-30-11-3-4-12-30/h5-8,17,20-22H,3-4,9-16H2,1-2H3,(H,27,33). The fourth-order valence-corrected chi connectivity index (χ4v) is 6.17. The summed E-state index contributed by atoms with van der Waals surface area (Å²) < 4.78 is 0. The summed E-state index contributed by atoms with van der Waals surface area (Å²) in [7, 11) is 0. The molecule has 0 saturated carbocycles. The van der Waals surface area contributed by atoms with Crippen LogP contribution in [0.15, 0.2) is 34.5 Å². The number of azo groups is 1. The van der Waals surface area contributed by atoms with Crippen LogP contribution in [-0.2, 0) is 0 Å². The van der Waals surface area contributed by atoms with Gasteiger partial charge in [0.15, 0.2) is 0 Å². The topological polar surface area (TPSA) is 80.6 Å². The lowest BCUT2D eigenvalue weighted by molar-refractivity contribution is 0.0926. The molecule has 5 rings (SSSR count). The van der Waals surface area contributed by atoms with Gasteiger partial charge in [0.2, 0.25) is 0 Å². The number of urea groups is 1. The number of benzene rings is 1. The van der Waals surface area contributed by atoms with E-state index in [2.05, 4.69) is 34.3 Å². The predicted octanol–water partition coefficient (Wildman–Crippen LogP) is 3.87. The van der Waals surface area contributed by atoms with Crippen LogP contribution in [-0.4, -0.2) is 83.7 Å². The average molecular weight is 487 g/mol. The molecule has 0 aliphatic carbocycles. The van der Waals surface area contributed by atoms with Crippen LogP contribution >= 0.6 is 11.6 Å². The number of halogens is 1. The highest BCUT2D eigenvalue weighted by molar-refractivity contribution is 6.30. The van der Waals surface area contributed by atoms with E-state index in [9.17, 15) is 9.59 Å². The highest BCUT2D eigenvalue weighted by Gasteiger charge is 2.56. The summed E-state index contributed by atoms with van der Waals surface area (Å²) in [5.41, 5.74) is 0.0854. The van der Waals surface area contributed by atoms with Gasteiger partial charge in [-0.15, -0.1) is 0 Å². The van der Waals surface area contributed by atoms with E-state index in [4.69, 9.17) is 11.6 Å². The first kappa shape index (κ1) is 23.5. The molecule has 1 aromatic carbocycles. The summed E-state index contributed by atoms with van der Waals surface area (Å²) in [6.07, 6.45) is 4.35. The summed E-state index contributed by atoms with van der Waals surface area (Å²) in [5, 5.41) is 12.5. The molecule has 9 heteroatoms. The van der Waals surface area contributed by atoms with E-state index in [1.165, 1.54) is 32.5 Å². The van der Waals surface area contributed by atoms with Gasteiger partial charge in [0.25, 0.3) is 5.91 Å². The molecule has 3 unspecified atom stereocenters. The van der Waals surface area contributed by atoms with Gasteiger partial charge >= 0.3 is 6.03 Å². The van der Waals surface area contributed by atoms with Crippen LogP contribution in [0.2, 0.25) is 5.02 Å². The highest BCUT2D eigenvalue weighted by Crippen LogP contribution is 2.42. The zero-order chi connectivity index (χ0) is 23.9. The van der Waals surface area contributed by atoms with Gasteiger partial charge in [0, 0.05) is 42.7 Å². The van der Waals surface area contributed by atoms with Crippen LogP contribution in [0.5, 0.6) is 0 Å². The Morgan fingerprint density at radius 3 is 2.41 bits per heavy atom. The summed E-state index contributed by atoms with van der Waals surface area (Å²) in [6.45, 7) is 9.95. The number of rotatable bonds is 4. The van der Waals surface area contributed by atoms with Crippen molar-refractivity contribution in [2.45, 2.75) is 57.3 Å². The van der Waals surface area contributed by atoms with E-state index in [1.807, 2.05) is 9.80 Å². The molecule has 8 nitrogen and oxygen atoms in total. The molecule has 1 N–H and O–H groups in total. The first-order chi connectivity index (χ1) is 16.3. The van der Waals surface area contributed by atoms with Crippen molar-refractivity contribution < 1.29 is 9.59 Å². The van der Waals surface area contributed by atoms with Gasteiger partial charge in [-0.2, -0.15) is 10.2 Å². The Labute approximate surface area is 206 Å². The fourth-order valence-electron chi connectivity index (χ4n) is 6.05. The Balaban J connectivity index is 1.19. The van der Waals surface area contributed by atoms with Crippen LogP contribution < -0.4 is 5.32 Å². The van der Waals surface area contributed by atoms with Gasteiger partial charge in [0.05, 0.1) is 5.54 Å². The minimum absolute atomic E-state index is 0.0251. The SMILES string of the molecule is CC1(C)C2N=NC(NC(=O)c3ccc(Cl)cc3)C2CN1C(=O)N1CCC(CN2CCCC2)CC1. The van der Waals surface area contributed by atoms with E-state index in [0.717, 1.165) is 25.9 Å². The van der Waals surface area contributed by atoms with Gasteiger partial charge in [0.1, 0.15) is 12.2 Å². The van der Waals surface area contributed by atoms with Gasteiger partial charge in [-0.1, -0.05) is 11.6 Å². The lowest BCUT2D eigenvalue weighted by Crippen LogP contribution is -2.54. The first-order valence-electron chi connectivity index (χ1n) is 12.6. The number of nitrogens with one attached hydrogen (secondary N) is 1. The van der Waals surface area contributed by atoms with Crippen molar-refractivity contribution in [2.75, 3.05) is 39.3 Å². The smallest absolute Gasteiger partial charge is 0.320 e. The zero-order valence-electron chi connectivity index (χ0n) is 20.1. The first-order valence-corrected chi connectivity index (χ1v) is 13.0. The van der Waals surface area contributed by atoms with Crippen LogP contribution in [0.3, 0.4) is 0 Å². The van der Waals surface area contributed by atoms with E-state index in [1.54, 1.807) is 24.3 Å². The zero-order valence-corrected chi connectivity index (χ0v) is 20.9. The van der Waals surface area contributed by atoms with E-state index < -0.39 is 11.7 Å². The van der Waals surface area contributed by atoms with E-state index in [-0.39, 0.29) is 23.9 Å². The van der Waals surface area contributed by atoms with E-state index >= 15 is 0 Å². The minimum atomic E-state index is -0.447. The molecule has 4 aliphatic rings. The minimum Gasteiger partial charge on any atom is -0.328 e. The largest absolute Gasteiger partial charge is 0.328 e. The molecule has 184 valence electrons. The third-order valence-electron chi connectivity index (χ3n) is 8.16. The third kappa shape index (κ3) is 4.54. The Morgan fingerprint density at radius 1 is 1.06 bits per heavy atom. The van der Waals surface area contributed by atoms with Crippen LogP contribution in [0.1, 0.15) is 49.9 Å². The molecule has 34 heavy (non-hydrogen) atoms. The third-order valence-corrected chi connectivity index (χ3v) is 8.41. The van der Waals surface area contributed by atoms with Crippen molar-refractivity contribution in [1.82, 2.24) is 20.0 Å². The van der Waals surface area contributed by atoms with Crippen molar-refractivity contribution in [3.8, 4) is 0 Å². The Morgan fingerprint density at radius 2 is 1.74 bits per heavy atom. The van der Waals surface area contributed by atoms with E-state index in [0.29, 0.717) is 23.0 Å². The maximum absolute atomic E-state index is 13.5. The lowest BCUT2D eigenvalue weighted by Gasteiger charge is -2.40. The Bertz CT molecular complexity index is 937. The maximum atomic E-state index is 13.5. The number of piperidine rings is 1. The molecular weight excluding hydrogens is 452 g/mol. The molecule has 4 aliphatic heterocycles. The fraction of sp³-hybridized carbons (Fsp3) is 0.680. The molecule has 1 aromatic rings. The molecule has 3 atom stereocenters. The van der Waals surface area contributed by atoms with Gasteiger partial charge in [-0.25, -0.2) is 4.79 Å². The van der Waals surface area contributed by atoms with Gasteiger partial charge in [-0.3, -0.25) is 4.79 Å². The Hall–Kier alpha value is -2.19. The summed E-state index contributed by atoms with van der Waals surface area (Å²) in [4.78, 5) is 32.8. The summed E-state index contributed by atoms with van der Waals surface area (Å²) in [5.74, 6) is 0.459. The molecule has 3 amide bonds. The van der Waals surface area contributed by atoms with Crippen molar-refractivity contribution in [1.29, 1.82) is 0 Å². The number of likely N-dealkylation sites (tertiary alicyclic amines) is 3. The van der Waals surface area contributed by atoms with Crippen molar-refractivity contribution in [3.05, 3.63) is 34.9 Å². The normalized spacial score (nSPS) is 29.0. The Kier molecular flexibility index (Phi) is 6.55. The van der Waals surface area contributed by atoms with Crippen molar-refractivity contribution >= 4 is 23.5 Å². The van der Waals surface area contributed by atoms with Crippen molar-refractivity contribution in [3.63, 3.8) is 0 Å². The second-order valence-electron chi connectivity index (χ2n) is 10.7. The maximum Gasteiger partial charge on any atom is 0.320 e. The quantitative estimate of drug-likeness (QED) is 0.701. The summed E-state index contributed by atoms with van der Waals surface area (Å²) in [6, 6.07) is 6.76. The molecule has 3 fully saturated rings. The molecular formula is C25H35ClN6O2. The molecule has 4 heterocycles. The highest BCUT2D eigenvalue weighted by atomic mass is 35.5. The van der Waals surface area contributed by atoms with Gasteiger partial charge < -0.3 is 20.0 Å². The number of carbonyl (C=O) groups excluding carboxylic acids is 2. The molecule has 0 aromatic heterocycles. The van der Waals surface area contributed by atoms with Crippen LogP contribution in [0, 0.1) is 11.8 Å². The molecule has 3 saturated heterocycles. The van der Waals surface area contributed by atoms with Crippen LogP contribution in [0.4, 0.5) is 4.79 Å². The number of hydrogen-bond acceptors (Lipinski definition) is 5. The number of nitrogens with zero attached hydrogens (tertiary/aromatic N) is 5.